The number of anilines is 1. The molecule has 2 aliphatic heterocycles. The Morgan fingerprint density at radius 1 is 1.13 bits per heavy atom. The summed E-state index contributed by atoms with van der Waals surface area (Å²) < 4.78 is 83.9. The Kier molecular flexibility index (Phi) is 5.79. The van der Waals surface area contributed by atoms with Crippen LogP contribution in [-0.4, -0.2) is 44.7 Å². The van der Waals surface area contributed by atoms with Crippen molar-refractivity contribution in [3.63, 3.8) is 0 Å². The van der Waals surface area contributed by atoms with Crippen LogP contribution in [-0.2, 0) is 23.2 Å². The summed E-state index contributed by atoms with van der Waals surface area (Å²) in [5.74, 6) is -0.604. The molecule has 1 N–H and O–H groups in total. The molecule has 0 bridgehead atoms. The van der Waals surface area contributed by atoms with Crippen LogP contribution in [0.1, 0.15) is 37.2 Å². The lowest BCUT2D eigenvalue weighted by Crippen LogP contribution is -2.67. The number of rotatable bonds is 6. The normalized spacial score (nSPS) is 22.4. The van der Waals surface area contributed by atoms with E-state index < -0.39 is 35.6 Å². The fourth-order valence-corrected chi connectivity index (χ4v) is 5.41. The van der Waals surface area contributed by atoms with Gasteiger partial charge in [-0.05, 0) is 24.6 Å². The van der Waals surface area contributed by atoms with Crippen LogP contribution in [0.3, 0.4) is 0 Å². The standard InChI is InChI=1S/C27H24F5N5O2/c1-3-21-35-23(17-12-34-37(24(17)36-21)20-8-7-16(28)11-19(20)29)33-14-26(27(30,31)32)13-25(2,39-26)18-6-4-5-15-9-10-38-22(15)18/h4-8,11-12H,3,9-10,13-14H2,1-2H3,(H,33,35,36). The highest BCUT2D eigenvalue weighted by Crippen LogP contribution is 2.57. The maximum absolute atomic E-state index is 14.5. The maximum atomic E-state index is 14.5. The fraction of sp³-hybridized carbons (Fsp3) is 0.370. The van der Waals surface area contributed by atoms with Gasteiger partial charge in [0.1, 0.15) is 28.9 Å². The highest BCUT2D eigenvalue weighted by Gasteiger charge is 2.68. The number of para-hydroxylation sites is 1. The zero-order valence-electron chi connectivity index (χ0n) is 21.1. The second-order valence-electron chi connectivity index (χ2n) is 9.98. The van der Waals surface area contributed by atoms with Crippen LogP contribution in [0, 0.1) is 11.6 Å². The van der Waals surface area contributed by atoms with Gasteiger partial charge in [0.25, 0.3) is 0 Å². The van der Waals surface area contributed by atoms with Crippen molar-refractivity contribution in [1.82, 2.24) is 19.7 Å². The third kappa shape index (κ3) is 4.08. The molecule has 204 valence electrons. The van der Waals surface area contributed by atoms with Crippen molar-refractivity contribution >= 4 is 16.9 Å². The van der Waals surface area contributed by atoms with Crippen molar-refractivity contribution in [3.05, 3.63) is 71.2 Å². The summed E-state index contributed by atoms with van der Waals surface area (Å²) in [6.45, 7) is 3.27. The Hall–Kier alpha value is -3.80. The van der Waals surface area contributed by atoms with Gasteiger partial charge in [-0.15, -0.1) is 0 Å². The van der Waals surface area contributed by atoms with Gasteiger partial charge >= 0.3 is 6.18 Å². The van der Waals surface area contributed by atoms with Crippen LogP contribution in [0.15, 0.2) is 42.6 Å². The number of hydrogen-bond donors (Lipinski definition) is 1. The van der Waals surface area contributed by atoms with E-state index in [-0.39, 0.29) is 29.0 Å². The van der Waals surface area contributed by atoms with E-state index in [0.717, 1.165) is 17.7 Å². The maximum Gasteiger partial charge on any atom is 0.419 e. The topological polar surface area (TPSA) is 74.1 Å². The van der Waals surface area contributed by atoms with Crippen LogP contribution in [0.5, 0.6) is 5.75 Å². The van der Waals surface area contributed by atoms with Crippen molar-refractivity contribution < 1.29 is 31.4 Å². The average molecular weight is 546 g/mol. The third-order valence-corrected chi connectivity index (χ3v) is 7.31. The van der Waals surface area contributed by atoms with Gasteiger partial charge in [-0.25, -0.2) is 23.4 Å². The first-order chi connectivity index (χ1) is 18.5. The zero-order valence-corrected chi connectivity index (χ0v) is 21.1. The first-order valence-electron chi connectivity index (χ1n) is 12.5. The second kappa shape index (κ2) is 8.87. The lowest BCUT2D eigenvalue weighted by atomic mass is 9.74. The molecule has 0 spiro atoms. The zero-order chi connectivity index (χ0) is 27.6. The number of benzene rings is 2. The molecule has 1 fully saturated rings. The first-order valence-corrected chi connectivity index (χ1v) is 12.5. The van der Waals surface area contributed by atoms with E-state index in [2.05, 4.69) is 20.4 Å². The Morgan fingerprint density at radius 3 is 2.64 bits per heavy atom. The molecule has 1 saturated heterocycles. The van der Waals surface area contributed by atoms with Crippen LogP contribution >= 0.6 is 0 Å². The van der Waals surface area contributed by atoms with Crippen molar-refractivity contribution in [2.45, 2.75) is 50.5 Å². The smallest absolute Gasteiger partial charge is 0.419 e. The van der Waals surface area contributed by atoms with Crippen LogP contribution in [0.25, 0.3) is 16.7 Å². The largest absolute Gasteiger partial charge is 0.493 e. The van der Waals surface area contributed by atoms with Gasteiger partial charge in [0, 0.05) is 30.9 Å². The van der Waals surface area contributed by atoms with Gasteiger partial charge in [-0.3, -0.25) is 0 Å². The number of ether oxygens (including phenoxy) is 2. The van der Waals surface area contributed by atoms with Crippen molar-refractivity contribution in [2.24, 2.45) is 0 Å². The highest BCUT2D eigenvalue weighted by molar-refractivity contribution is 5.87. The van der Waals surface area contributed by atoms with Gasteiger partial charge in [0.05, 0.1) is 30.3 Å². The SMILES string of the molecule is CCc1nc(NCC2(C(F)(F)F)CC(C)(c3cccc4c3OCC4)O2)c2cnn(-c3ccc(F)cc3F)c2n1. The minimum atomic E-state index is -4.68. The minimum Gasteiger partial charge on any atom is -0.493 e. The molecule has 39 heavy (non-hydrogen) atoms. The third-order valence-electron chi connectivity index (χ3n) is 7.31. The molecule has 4 heterocycles. The number of halogens is 5. The molecule has 0 saturated carbocycles. The van der Waals surface area contributed by atoms with E-state index in [9.17, 15) is 22.0 Å². The summed E-state index contributed by atoms with van der Waals surface area (Å²) in [5.41, 5.74) is -2.00. The predicted molar refractivity (Wildman–Crippen MR) is 132 cm³/mol. The fourth-order valence-electron chi connectivity index (χ4n) is 5.41. The number of nitrogens with one attached hydrogen (secondary N) is 1. The number of nitrogens with zero attached hydrogens (tertiary/aromatic N) is 4. The first kappa shape index (κ1) is 25.5. The molecule has 7 nitrogen and oxygen atoms in total. The lowest BCUT2D eigenvalue weighted by molar-refractivity contribution is -0.380. The van der Waals surface area contributed by atoms with E-state index in [1.165, 1.54) is 16.9 Å². The van der Waals surface area contributed by atoms with Crippen molar-refractivity contribution in [2.75, 3.05) is 18.5 Å². The second-order valence-corrected chi connectivity index (χ2v) is 9.98. The summed E-state index contributed by atoms with van der Waals surface area (Å²) in [6.07, 6.45) is -2.62. The molecule has 2 aliphatic rings. The van der Waals surface area contributed by atoms with Gasteiger partial charge in [0.2, 0.25) is 0 Å². The van der Waals surface area contributed by atoms with Crippen molar-refractivity contribution in [1.29, 1.82) is 0 Å². The minimum absolute atomic E-state index is 0.0550. The van der Waals surface area contributed by atoms with E-state index in [4.69, 9.17) is 9.47 Å². The van der Waals surface area contributed by atoms with E-state index in [1.807, 2.05) is 6.07 Å². The summed E-state index contributed by atoms with van der Waals surface area (Å²) in [6, 6.07) is 8.45. The molecule has 2 aromatic heterocycles. The number of alkyl halides is 3. The molecule has 0 amide bonds. The van der Waals surface area contributed by atoms with Crippen LogP contribution in [0.2, 0.25) is 0 Å². The van der Waals surface area contributed by atoms with Gasteiger partial charge in [0.15, 0.2) is 17.1 Å². The molecule has 2 aromatic carbocycles. The van der Waals surface area contributed by atoms with Gasteiger partial charge in [-0.1, -0.05) is 25.1 Å². The molecular weight excluding hydrogens is 521 g/mol. The predicted octanol–water partition coefficient (Wildman–Crippen LogP) is 5.64. The molecule has 12 heteroatoms. The molecule has 2 unspecified atom stereocenters. The molecule has 0 radical (unpaired) electrons. The van der Waals surface area contributed by atoms with Crippen molar-refractivity contribution in [3.8, 4) is 11.4 Å². The lowest BCUT2D eigenvalue weighted by Gasteiger charge is -2.55. The Morgan fingerprint density at radius 2 is 1.92 bits per heavy atom. The molecular formula is C27H24F5N5O2. The average Bonchev–Trinajstić information content (AvgIpc) is 3.52. The monoisotopic (exact) mass is 545 g/mol. The quantitative estimate of drug-likeness (QED) is 0.316. The van der Waals surface area contributed by atoms with E-state index >= 15 is 0 Å². The van der Waals surface area contributed by atoms with Crippen LogP contribution in [0.4, 0.5) is 27.8 Å². The van der Waals surface area contributed by atoms with Gasteiger partial charge in [-0.2, -0.15) is 18.3 Å². The Labute approximate surface area is 220 Å². The Bertz CT molecular complexity index is 1580. The van der Waals surface area contributed by atoms with Gasteiger partial charge < -0.3 is 14.8 Å². The number of aromatic nitrogens is 4. The Balaban J connectivity index is 1.32. The van der Waals surface area contributed by atoms with Crippen LogP contribution < -0.4 is 10.1 Å². The summed E-state index contributed by atoms with van der Waals surface area (Å²) >= 11 is 0. The number of aryl methyl sites for hydroxylation is 1. The number of hydrogen-bond acceptors (Lipinski definition) is 6. The summed E-state index contributed by atoms with van der Waals surface area (Å²) in [7, 11) is 0. The highest BCUT2D eigenvalue weighted by atomic mass is 19.4. The molecule has 2 atom stereocenters. The van der Waals surface area contributed by atoms with E-state index in [1.54, 1.807) is 26.0 Å². The molecule has 0 aliphatic carbocycles. The van der Waals surface area contributed by atoms with E-state index in [0.29, 0.717) is 36.6 Å². The number of fused-ring (bicyclic) bond motifs is 2. The molecule has 4 aromatic rings. The summed E-state index contributed by atoms with van der Waals surface area (Å²) in [4.78, 5) is 8.78. The molecule has 6 rings (SSSR count). The summed E-state index contributed by atoms with van der Waals surface area (Å²) in [5, 5.41) is 7.25.